The molecule has 0 radical (unpaired) electrons. The summed E-state index contributed by atoms with van der Waals surface area (Å²) < 4.78 is 85.7. The van der Waals surface area contributed by atoms with Gasteiger partial charge >= 0.3 is 18.4 Å². The molecule has 2 heterocycles. The number of aryl methyl sites for hydroxylation is 1. The molecule has 0 aliphatic carbocycles. The zero-order valence-electron chi connectivity index (χ0n) is 24.9. The Morgan fingerprint density at radius 3 is 2.00 bits per heavy atom. The van der Waals surface area contributed by atoms with Crippen molar-refractivity contribution in [3.05, 3.63) is 106 Å². The van der Waals surface area contributed by atoms with Gasteiger partial charge < -0.3 is 14.5 Å². The maximum atomic E-state index is 13.8. The number of nitrogens with zero attached hydrogens (tertiary/aromatic N) is 3. The third-order valence-electron chi connectivity index (χ3n) is 8.23. The first kappa shape index (κ1) is 32.8. The monoisotopic (exact) mass is 647 g/mol. The zero-order chi connectivity index (χ0) is 33.4. The Labute approximate surface area is 261 Å². The quantitative estimate of drug-likeness (QED) is 0.290. The summed E-state index contributed by atoms with van der Waals surface area (Å²) in [4.78, 5) is 45.0. The molecular formula is C33H31F6N3O4. The Balaban J connectivity index is 1.43. The molecule has 0 N–H and O–H groups in total. The van der Waals surface area contributed by atoms with E-state index in [1.165, 1.54) is 14.7 Å². The average molecular weight is 648 g/mol. The first-order valence-electron chi connectivity index (χ1n) is 14.5. The molecule has 3 atom stereocenters. The molecule has 0 spiro atoms. The van der Waals surface area contributed by atoms with Crippen molar-refractivity contribution in [1.82, 2.24) is 14.7 Å². The van der Waals surface area contributed by atoms with Gasteiger partial charge in [0.2, 0.25) is 11.8 Å². The summed E-state index contributed by atoms with van der Waals surface area (Å²) in [6.45, 7) is 2.57. The van der Waals surface area contributed by atoms with Crippen LogP contribution in [0.15, 0.2) is 72.8 Å². The Morgan fingerprint density at radius 2 is 1.41 bits per heavy atom. The second kappa shape index (κ2) is 12.7. The van der Waals surface area contributed by atoms with Gasteiger partial charge in [-0.15, -0.1) is 0 Å². The highest BCUT2D eigenvalue weighted by Crippen LogP contribution is 2.37. The van der Waals surface area contributed by atoms with Crippen LogP contribution in [0.5, 0.6) is 0 Å². The van der Waals surface area contributed by atoms with E-state index in [0.717, 1.165) is 16.7 Å². The molecule has 2 aliphatic rings. The van der Waals surface area contributed by atoms with E-state index < -0.39 is 59.9 Å². The van der Waals surface area contributed by atoms with Gasteiger partial charge in [-0.1, -0.05) is 60.2 Å². The number of alkyl halides is 6. The van der Waals surface area contributed by atoms with Crippen molar-refractivity contribution >= 4 is 17.9 Å². The molecule has 0 unspecified atom stereocenters. The summed E-state index contributed by atoms with van der Waals surface area (Å²) in [7, 11) is 0. The predicted molar refractivity (Wildman–Crippen MR) is 154 cm³/mol. The van der Waals surface area contributed by atoms with Crippen molar-refractivity contribution in [3.8, 4) is 0 Å². The minimum absolute atomic E-state index is 0.00311. The normalized spacial score (nSPS) is 20.5. The largest absolute Gasteiger partial charge is 0.444 e. The molecule has 2 fully saturated rings. The molecule has 7 nitrogen and oxygen atoms in total. The van der Waals surface area contributed by atoms with Crippen LogP contribution in [-0.4, -0.2) is 57.9 Å². The number of carbonyl (C=O) groups excluding carboxylic acids is 3. The van der Waals surface area contributed by atoms with Gasteiger partial charge in [-0.25, -0.2) is 4.79 Å². The van der Waals surface area contributed by atoms with Crippen LogP contribution in [0.2, 0.25) is 0 Å². The summed E-state index contributed by atoms with van der Waals surface area (Å²) in [5.41, 5.74) is -0.943. The van der Waals surface area contributed by atoms with Gasteiger partial charge in [0.15, 0.2) is 0 Å². The molecule has 2 aliphatic heterocycles. The third kappa shape index (κ3) is 7.13. The summed E-state index contributed by atoms with van der Waals surface area (Å²) in [5.74, 6) is -1.46. The maximum absolute atomic E-state index is 13.8. The van der Waals surface area contributed by atoms with Gasteiger partial charge in [0.1, 0.15) is 18.8 Å². The number of halogens is 6. The number of piperazine rings is 1. The van der Waals surface area contributed by atoms with E-state index in [2.05, 4.69) is 0 Å². The summed E-state index contributed by atoms with van der Waals surface area (Å²) in [6.07, 6.45) is -11.9. The van der Waals surface area contributed by atoms with Crippen LogP contribution in [-0.2, 0) is 46.3 Å². The van der Waals surface area contributed by atoms with Gasteiger partial charge in [0.05, 0.1) is 23.6 Å². The van der Waals surface area contributed by atoms with Crippen molar-refractivity contribution in [2.45, 2.75) is 58.0 Å². The molecule has 5 rings (SSSR count). The van der Waals surface area contributed by atoms with E-state index in [1.54, 1.807) is 19.1 Å². The fraction of sp³-hybridized carbons (Fsp3) is 0.364. The Morgan fingerprint density at radius 1 is 0.804 bits per heavy atom. The molecule has 13 heteroatoms. The number of ether oxygens (including phenoxy) is 1. The standard InChI is InChI=1S/C33H31F6N3O4/c1-20-8-10-22(11-9-20)12-25-17-41(31(45)46-19-24-13-26(32(34,35)36)15-27(14-24)33(37,38)39)28-18-40(16-23-6-4-3-5-7-23)29(43)21(2)42(28)30(25)44/h3-11,13-15,21,25,28H,12,16-19H2,1-2H3/t21-,25-,28+/m0/s1. The molecule has 2 saturated heterocycles. The smallest absolute Gasteiger partial charge is 0.416 e. The van der Waals surface area contributed by atoms with E-state index in [4.69, 9.17) is 4.74 Å². The topological polar surface area (TPSA) is 70.2 Å². The fourth-order valence-electron chi connectivity index (χ4n) is 5.88. The first-order chi connectivity index (χ1) is 21.6. The van der Waals surface area contributed by atoms with Crippen molar-refractivity contribution in [2.75, 3.05) is 13.1 Å². The lowest BCUT2D eigenvalue weighted by Gasteiger charge is -2.53. The molecule has 3 amide bonds. The Hall–Kier alpha value is -4.55. The number of benzene rings is 3. The van der Waals surface area contributed by atoms with Gasteiger partial charge in [0.25, 0.3) is 0 Å². The number of fused-ring (bicyclic) bond motifs is 1. The molecule has 3 aromatic carbocycles. The molecule has 3 aromatic rings. The lowest BCUT2D eigenvalue weighted by molar-refractivity contribution is -0.172. The lowest BCUT2D eigenvalue weighted by atomic mass is 9.92. The third-order valence-corrected chi connectivity index (χ3v) is 8.23. The van der Waals surface area contributed by atoms with Crippen LogP contribution < -0.4 is 0 Å². The fourth-order valence-corrected chi connectivity index (χ4v) is 5.88. The van der Waals surface area contributed by atoms with Crippen LogP contribution in [0.3, 0.4) is 0 Å². The maximum Gasteiger partial charge on any atom is 0.416 e. The van der Waals surface area contributed by atoms with E-state index in [9.17, 15) is 40.7 Å². The van der Waals surface area contributed by atoms with Crippen LogP contribution in [0, 0.1) is 12.8 Å². The number of carbonyl (C=O) groups is 3. The molecule has 46 heavy (non-hydrogen) atoms. The van der Waals surface area contributed by atoms with Crippen LogP contribution in [0.4, 0.5) is 31.1 Å². The SMILES string of the molecule is Cc1ccc(C[C@H]2CN(C(=O)OCc3cc(C(F)(F)F)cc(C(F)(F)F)c3)[C@H]3CN(Cc4ccccc4)C(=O)[C@H](C)N3C2=O)cc1. The van der Waals surface area contributed by atoms with Crippen LogP contribution in [0.1, 0.15) is 40.3 Å². The van der Waals surface area contributed by atoms with E-state index >= 15 is 0 Å². The second-order valence-corrected chi connectivity index (χ2v) is 11.6. The summed E-state index contributed by atoms with van der Waals surface area (Å²) in [6, 6.07) is 16.5. The molecule has 244 valence electrons. The summed E-state index contributed by atoms with van der Waals surface area (Å²) >= 11 is 0. The highest BCUT2D eigenvalue weighted by molar-refractivity contribution is 5.91. The molecular weight excluding hydrogens is 616 g/mol. The highest BCUT2D eigenvalue weighted by atomic mass is 19.4. The van der Waals surface area contributed by atoms with Gasteiger partial charge in [0, 0.05) is 13.1 Å². The minimum Gasteiger partial charge on any atom is -0.444 e. The van der Waals surface area contributed by atoms with Gasteiger partial charge in [-0.2, -0.15) is 26.3 Å². The van der Waals surface area contributed by atoms with Crippen LogP contribution >= 0.6 is 0 Å². The number of hydrogen-bond acceptors (Lipinski definition) is 4. The van der Waals surface area contributed by atoms with Crippen molar-refractivity contribution in [3.63, 3.8) is 0 Å². The lowest BCUT2D eigenvalue weighted by Crippen LogP contribution is -2.72. The number of hydrogen-bond donors (Lipinski definition) is 0. The predicted octanol–water partition coefficient (Wildman–Crippen LogP) is 6.43. The molecule has 0 saturated carbocycles. The van der Waals surface area contributed by atoms with E-state index in [0.29, 0.717) is 12.1 Å². The van der Waals surface area contributed by atoms with Crippen LogP contribution in [0.25, 0.3) is 0 Å². The summed E-state index contributed by atoms with van der Waals surface area (Å²) in [5, 5.41) is 0. The van der Waals surface area contributed by atoms with E-state index in [-0.39, 0.29) is 43.9 Å². The highest BCUT2D eigenvalue weighted by Gasteiger charge is 2.50. The number of rotatable bonds is 6. The van der Waals surface area contributed by atoms with Crippen molar-refractivity contribution < 1.29 is 45.5 Å². The van der Waals surface area contributed by atoms with Gasteiger partial charge in [-0.3, -0.25) is 14.5 Å². The van der Waals surface area contributed by atoms with Gasteiger partial charge in [-0.05, 0) is 55.2 Å². The van der Waals surface area contributed by atoms with E-state index in [1.807, 2.05) is 49.4 Å². The van der Waals surface area contributed by atoms with Crippen molar-refractivity contribution in [1.29, 1.82) is 0 Å². The Kier molecular flexibility index (Phi) is 9.05. The minimum atomic E-state index is -5.07. The number of amides is 3. The molecule has 0 bridgehead atoms. The van der Waals surface area contributed by atoms with Crippen molar-refractivity contribution in [2.24, 2.45) is 5.92 Å². The molecule has 0 aromatic heterocycles. The Bertz CT molecular complexity index is 1560. The first-order valence-corrected chi connectivity index (χ1v) is 14.5. The average Bonchev–Trinajstić information content (AvgIpc) is 3.00. The zero-order valence-corrected chi connectivity index (χ0v) is 24.9. The second-order valence-electron chi connectivity index (χ2n) is 11.6.